The molecule has 1 saturated heterocycles. The molecule has 0 atom stereocenters. The molecule has 176 valence electrons. The molecule has 3 rings (SSSR count). The molecular formula is C21H26N6O6. The second-order valence-electron chi connectivity index (χ2n) is 7.11. The Hall–Kier alpha value is -3.53. The lowest BCUT2D eigenvalue weighted by Crippen LogP contribution is -2.28. The van der Waals surface area contributed by atoms with E-state index in [1.807, 2.05) is 6.07 Å². The van der Waals surface area contributed by atoms with Crippen LogP contribution in [-0.2, 0) is 14.2 Å². The first-order valence-electron chi connectivity index (χ1n) is 10.5. The Labute approximate surface area is 191 Å². The third-order valence-electron chi connectivity index (χ3n) is 4.78. The number of aromatic nitrogens is 2. The molecule has 0 radical (unpaired) electrons. The molecule has 2 aromatic rings. The number of hydrogen-bond acceptors (Lipinski definition) is 11. The van der Waals surface area contributed by atoms with E-state index in [2.05, 4.69) is 20.6 Å². The normalized spacial score (nSPS) is 13.8. The highest BCUT2D eigenvalue weighted by molar-refractivity contribution is 5.70. The van der Waals surface area contributed by atoms with Crippen molar-refractivity contribution in [2.75, 3.05) is 57.4 Å². The molecule has 3 heterocycles. The summed E-state index contributed by atoms with van der Waals surface area (Å²) in [5.41, 5.74) is 0.107. The van der Waals surface area contributed by atoms with E-state index in [1.54, 1.807) is 19.2 Å². The van der Waals surface area contributed by atoms with Crippen LogP contribution in [0.2, 0.25) is 0 Å². The zero-order chi connectivity index (χ0) is 23.5. The lowest BCUT2D eigenvalue weighted by Gasteiger charge is -2.25. The zero-order valence-corrected chi connectivity index (χ0v) is 18.3. The van der Waals surface area contributed by atoms with Crippen LogP contribution in [0.25, 0.3) is 0 Å². The molecule has 0 aliphatic carbocycles. The summed E-state index contributed by atoms with van der Waals surface area (Å²) in [6.07, 6.45) is 2.92. The van der Waals surface area contributed by atoms with Crippen LogP contribution in [0.1, 0.15) is 18.4 Å². The van der Waals surface area contributed by atoms with Crippen molar-refractivity contribution < 1.29 is 23.9 Å². The average molecular weight is 458 g/mol. The molecule has 12 nitrogen and oxygen atoms in total. The maximum absolute atomic E-state index is 11.7. The molecule has 1 aliphatic rings. The summed E-state index contributed by atoms with van der Waals surface area (Å²) >= 11 is 0. The molecule has 2 N–H and O–H groups in total. The highest BCUT2D eigenvalue weighted by atomic mass is 16.6. The van der Waals surface area contributed by atoms with E-state index >= 15 is 0 Å². The number of ether oxygens (including phenoxy) is 4. The smallest absolute Gasteiger partial charge is 0.315 e. The van der Waals surface area contributed by atoms with Gasteiger partial charge in [-0.05, 0) is 25.0 Å². The minimum atomic E-state index is -0.543. The monoisotopic (exact) mass is 458 g/mol. The van der Waals surface area contributed by atoms with Crippen LogP contribution in [0.5, 0.6) is 5.75 Å². The third-order valence-corrected chi connectivity index (χ3v) is 4.78. The van der Waals surface area contributed by atoms with Crippen molar-refractivity contribution in [3.63, 3.8) is 0 Å². The summed E-state index contributed by atoms with van der Waals surface area (Å²) in [5.74, 6) is 0.958. The molecule has 1 fully saturated rings. The van der Waals surface area contributed by atoms with Gasteiger partial charge in [0.1, 0.15) is 18.5 Å². The number of nitro groups is 1. The topological polar surface area (TPSA) is 154 Å². The second kappa shape index (κ2) is 12.5. The Balaban J connectivity index is 1.83. The van der Waals surface area contributed by atoms with Gasteiger partial charge in [-0.3, -0.25) is 10.1 Å². The number of pyridine rings is 2. The largest absolute Gasteiger partial charge is 0.487 e. The van der Waals surface area contributed by atoms with Gasteiger partial charge in [-0.1, -0.05) is 0 Å². The van der Waals surface area contributed by atoms with E-state index in [4.69, 9.17) is 24.2 Å². The van der Waals surface area contributed by atoms with E-state index in [1.165, 1.54) is 12.3 Å². The highest BCUT2D eigenvalue weighted by Gasteiger charge is 2.24. The summed E-state index contributed by atoms with van der Waals surface area (Å²) in [6, 6.07) is 6.51. The van der Waals surface area contributed by atoms with Gasteiger partial charge in [-0.25, -0.2) is 9.97 Å². The van der Waals surface area contributed by atoms with Gasteiger partial charge in [-0.15, -0.1) is 0 Å². The minimum absolute atomic E-state index is 0.00969. The fourth-order valence-corrected chi connectivity index (χ4v) is 3.08. The van der Waals surface area contributed by atoms with Crippen LogP contribution in [0.4, 0.5) is 23.1 Å². The number of nitrogens with zero attached hydrogens (tertiary/aromatic N) is 4. The van der Waals surface area contributed by atoms with Gasteiger partial charge in [0.2, 0.25) is 5.82 Å². The van der Waals surface area contributed by atoms with Gasteiger partial charge in [-0.2, -0.15) is 5.26 Å². The number of anilines is 3. The van der Waals surface area contributed by atoms with Crippen LogP contribution in [0.15, 0.2) is 24.4 Å². The first kappa shape index (κ1) is 24.1. The van der Waals surface area contributed by atoms with Crippen LogP contribution in [-0.4, -0.2) is 67.7 Å². The van der Waals surface area contributed by atoms with Crippen molar-refractivity contribution in [1.29, 1.82) is 5.26 Å². The first-order valence-corrected chi connectivity index (χ1v) is 10.5. The fraction of sp³-hybridized carbons (Fsp3) is 0.476. The summed E-state index contributed by atoms with van der Waals surface area (Å²) in [5, 5.41) is 26.9. The molecule has 2 aromatic heterocycles. The number of nitrogens with one attached hydrogen (secondary N) is 2. The summed E-state index contributed by atoms with van der Waals surface area (Å²) in [7, 11) is 1.59. The van der Waals surface area contributed by atoms with E-state index in [0.29, 0.717) is 50.2 Å². The molecule has 0 spiro atoms. The van der Waals surface area contributed by atoms with Crippen molar-refractivity contribution in [1.82, 2.24) is 9.97 Å². The van der Waals surface area contributed by atoms with E-state index < -0.39 is 4.92 Å². The van der Waals surface area contributed by atoms with E-state index in [-0.39, 0.29) is 29.9 Å². The molecule has 0 unspecified atom stereocenters. The maximum Gasteiger partial charge on any atom is 0.315 e. The van der Waals surface area contributed by atoms with Crippen molar-refractivity contribution >= 4 is 23.1 Å². The van der Waals surface area contributed by atoms with Gasteiger partial charge in [0.15, 0.2) is 11.6 Å². The van der Waals surface area contributed by atoms with Crippen molar-refractivity contribution in [3.8, 4) is 11.8 Å². The highest BCUT2D eigenvalue weighted by Crippen LogP contribution is 2.35. The van der Waals surface area contributed by atoms with Gasteiger partial charge in [0.05, 0.1) is 36.4 Å². The lowest BCUT2D eigenvalue weighted by atomic mass is 10.1. The quantitative estimate of drug-likeness (QED) is 0.274. The summed E-state index contributed by atoms with van der Waals surface area (Å²) in [6.45, 7) is 2.61. The second-order valence-corrected chi connectivity index (χ2v) is 7.11. The molecule has 0 aromatic carbocycles. The standard InChI is InChI=1S/C21H26N6O6/c1-30-8-9-32-10-11-33-18-12-17(27(28)29)20(25-19-3-2-15(13-22)14-23-19)26-21(18)24-16-4-6-31-7-5-16/h2-3,12,14,16H,4-11H2,1H3,(H2,23,24,25,26). The predicted molar refractivity (Wildman–Crippen MR) is 119 cm³/mol. The fourth-order valence-electron chi connectivity index (χ4n) is 3.08. The first-order chi connectivity index (χ1) is 16.1. The van der Waals surface area contributed by atoms with E-state index in [0.717, 1.165) is 12.8 Å². The van der Waals surface area contributed by atoms with Crippen LogP contribution in [0.3, 0.4) is 0 Å². The van der Waals surface area contributed by atoms with Gasteiger partial charge >= 0.3 is 5.69 Å². The average Bonchev–Trinajstić information content (AvgIpc) is 2.83. The summed E-state index contributed by atoms with van der Waals surface area (Å²) < 4.78 is 21.5. The van der Waals surface area contributed by atoms with Crippen LogP contribution >= 0.6 is 0 Å². The number of nitriles is 1. The van der Waals surface area contributed by atoms with Crippen LogP contribution in [0, 0.1) is 21.4 Å². The maximum atomic E-state index is 11.7. The Bertz CT molecular complexity index is 959. The lowest BCUT2D eigenvalue weighted by molar-refractivity contribution is -0.384. The molecule has 12 heteroatoms. The summed E-state index contributed by atoms with van der Waals surface area (Å²) in [4.78, 5) is 19.8. The van der Waals surface area contributed by atoms with Gasteiger partial charge in [0.25, 0.3) is 0 Å². The Morgan fingerprint density at radius 2 is 2.03 bits per heavy atom. The minimum Gasteiger partial charge on any atom is -0.487 e. The van der Waals surface area contributed by atoms with E-state index in [9.17, 15) is 10.1 Å². The third kappa shape index (κ3) is 7.25. The number of rotatable bonds is 12. The molecule has 33 heavy (non-hydrogen) atoms. The van der Waals surface area contributed by atoms with Gasteiger partial charge in [0, 0.05) is 32.6 Å². The predicted octanol–water partition coefficient (Wildman–Crippen LogP) is 2.63. The van der Waals surface area contributed by atoms with Crippen molar-refractivity contribution in [3.05, 3.63) is 40.1 Å². The Morgan fingerprint density at radius 1 is 1.24 bits per heavy atom. The number of hydrogen-bond donors (Lipinski definition) is 2. The Morgan fingerprint density at radius 3 is 2.70 bits per heavy atom. The van der Waals surface area contributed by atoms with Crippen molar-refractivity contribution in [2.24, 2.45) is 0 Å². The molecule has 0 bridgehead atoms. The van der Waals surface area contributed by atoms with Gasteiger partial charge < -0.3 is 29.6 Å². The molecule has 1 aliphatic heterocycles. The zero-order valence-electron chi connectivity index (χ0n) is 18.3. The van der Waals surface area contributed by atoms with Crippen LogP contribution < -0.4 is 15.4 Å². The Kier molecular flexibility index (Phi) is 9.13. The molecule has 0 amide bonds. The molecule has 0 saturated carbocycles. The SMILES string of the molecule is COCCOCCOc1cc([N+](=O)[O-])c(Nc2ccc(C#N)cn2)nc1NC1CCOCC1. The van der Waals surface area contributed by atoms with Crippen molar-refractivity contribution in [2.45, 2.75) is 18.9 Å². The molecular weight excluding hydrogens is 432 g/mol. The number of methoxy groups -OCH3 is 1.